The van der Waals surface area contributed by atoms with Gasteiger partial charge in [0.05, 0.1) is 0 Å². The average Bonchev–Trinajstić information content (AvgIpc) is 2.83. The van der Waals surface area contributed by atoms with Crippen LogP contribution in [-0.4, -0.2) is 35.6 Å². The summed E-state index contributed by atoms with van der Waals surface area (Å²) < 4.78 is 0. The second-order valence-corrected chi connectivity index (χ2v) is 7.03. The fraction of sp³-hybridized carbons (Fsp3) is 0.800. The van der Waals surface area contributed by atoms with Crippen LogP contribution in [0.2, 0.25) is 0 Å². The van der Waals surface area contributed by atoms with E-state index in [2.05, 4.69) is 36.0 Å². The molecule has 0 bridgehead atoms. The Morgan fingerprint density at radius 2 is 2.21 bits per heavy atom. The summed E-state index contributed by atoms with van der Waals surface area (Å²) in [5.74, 6) is 0.828. The average molecular weight is 281 g/mol. The molecule has 1 aliphatic rings. The lowest BCUT2D eigenvalue weighted by atomic mass is 9.90. The lowest BCUT2D eigenvalue weighted by Crippen LogP contribution is -2.41. The maximum absolute atomic E-state index is 4.42. The smallest absolute Gasteiger partial charge is 0.107 e. The van der Waals surface area contributed by atoms with Gasteiger partial charge in [-0.3, -0.25) is 0 Å². The molecule has 0 radical (unpaired) electrons. The van der Waals surface area contributed by atoms with E-state index in [-0.39, 0.29) is 0 Å². The number of thiazole rings is 1. The van der Waals surface area contributed by atoms with Crippen molar-refractivity contribution in [2.45, 2.75) is 52.6 Å². The summed E-state index contributed by atoms with van der Waals surface area (Å²) in [6.07, 6.45) is 5.92. The van der Waals surface area contributed by atoms with Gasteiger partial charge >= 0.3 is 0 Å². The van der Waals surface area contributed by atoms with Gasteiger partial charge in [-0.25, -0.2) is 4.98 Å². The Labute approximate surface area is 121 Å². The molecule has 2 rings (SSSR count). The third-order valence-corrected chi connectivity index (χ3v) is 5.04. The monoisotopic (exact) mass is 281 g/mol. The minimum atomic E-state index is 0.605. The van der Waals surface area contributed by atoms with Crippen molar-refractivity contribution in [1.82, 2.24) is 15.2 Å². The number of hydrogen-bond acceptors (Lipinski definition) is 4. The fourth-order valence-corrected chi connectivity index (χ4v) is 3.63. The van der Waals surface area contributed by atoms with E-state index in [0.29, 0.717) is 6.04 Å². The van der Waals surface area contributed by atoms with Crippen LogP contribution in [0.5, 0.6) is 0 Å². The molecular weight excluding hydrogens is 254 g/mol. The Kier molecular flexibility index (Phi) is 5.79. The maximum atomic E-state index is 4.42. The fourth-order valence-electron chi connectivity index (χ4n) is 2.89. The molecule has 1 N–H and O–H groups in total. The van der Waals surface area contributed by atoms with E-state index < -0.39 is 0 Å². The zero-order valence-corrected chi connectivity index (χ0v) is 13.3. The standard InChI is InChI=1S/C15H27N3S/c1-4-7-18-8-5-14(6-9-18)13(3)16-11-15-17-10-12(2)19-15/h10,13-14,16H,4-9,11H2,1-3H3. The zero-order valence-electron chi connectivity index (χ0n) is 12.5. The Bertz CT molecular complexity index is 369. The molecule has 0 aliphatic carbocycles. The first-order valence-electron chi connectivity index (χ1n) is 7.56. The van der Waals surface area contributed by atoms with Gasteiger partial charge in [0.25, 0.3) is 0 Å². The van der Waals surface area contributed by atoms with E-state index in [1.165, 1.54) is 48.8 Å². The summed E-state index contributed by atoms with van der Waals surface area (Å²) in [4.78, 5) is 8.32. The summed E-state index contributed by atoms with van der Waals surface area (Å²) in [6.45, 7) is 11.5. The van der Waals surface area contributed by atoms with Crippen molar-refractivity contribution >= 4 is 11.3 Å². The number of aryl methyl sites for hydroxylation is 1. The first-order chi connectivity index (χ1) is 9.19. The number of rotatable bonds is 6. The molecule has 0 saturated carbocycles. The van der Waals surface area contributed by atoms with E-state index in [1.807, 2.05) is 6.20 Å². The van der Waals surface area contributed by atoms with Gasteiger partial charge in [-0.05, 0) is 58.7 Å². The molecular formula is C15H27N3S. The van der Waals surface area contributed by atoms with E-state index in [0.717, 1.165) is 12.5 Å². The van der Waals surface area contributed by atoms with Crippen LogP contribution < -0.4 is 5.32 Å². The van der Waals surface area contributed by atoms with Crippen LogP contribution in [0.1, 0.15) is 43.0 Å². The molecule has 0 amide bonds. The van der Waals surface area contributed by atoms with E-state index in [9.17, 15) is 0 Å². The highest BCUT2D eigenvalue weighted by Crippen LogP contribution is 2.21. The molecule has 1 unspecified atom stereocenters. The minimum Gasteiger partial charge on any atom is -0.308 e. The SMILES string of the molecule is CCCN1CCC(C(C)NCc2ncc(C)s2)CC1. The predicted molar refractivity (Wildman–Crippen MR) is 82.6 cm³/mol. The molecule has 0 aromatic carbocycles. The van der Waals surface area contributed by atoms with Crippen LogP contribution >= 0.6 is 11.3 Å². The lowest BCUT2D eigenvalue weighted by Gasteiger charge is -2.35. The number of likely N-dealkylation sites (tertiary alicyclic amines) is 1. The van der Waals surface area contributed by atoms with Crippen LogP contribution in [0.3, 0.4) is 0 Å². The summed E-state index contributed by atoms with van der Waals surface area (Å²) >= 11 is 1.80. The van der Waals surface area contributed by atoms with Crippen molar-refractivity contribution < 1.29 is 0 Å². The molecule has 3 nitrogen and oxygen atoms in total. The highest BCUT2D eigenvalue weighted by molar-refractivity contribution is 7.11. The topological polar surface area (TPSA) is 28.2 Å². The molecule has 1 aromatic heterocycles. The molecule has 1 aliphatic heterocycles. The Morgan fingerprint density at radius 3 is 2.79 bits per heavy atom. The van der Waals surface area contributed by atoms with Crippen LogP contribution in [0.4, 0.5) is 0 Å². The summed E-state index contributed by atoms with van der Waals surface area (Å²) in [5, 5.41) is 4.87. The van der Waals surface area contributed by atoms with Gasteiger partial charge in [-0.1, -0.05) is 6.92 Å². The molecule has 108 valence electrons. The third-order valence-electron chi connectivity index (χ3n) is 4.12. The molecule has 1 aromatic rings. The summed E-state index contributed by atoms with van der Waals surface area (Å²) in [5.41, 5.74) is 0. The largest absolute Gasteiger partial charge is 0.308 e. The Balaban J connectivity index is 1.70. The molecule has 1 saturated heterocycles. The van der Waals surface area contributed by atoms with Crippen molar-refractivity contribution in [2.24, 2.45) is 5.92 Å². The van der Waals surface area contributed by atoms with Gasteiger partial charge in [0.1, 0.15) is 5.01 Å². The minimum absolute atomic E-state index is 0.605. The lowest BCUT2D eigenvalue weighted by molar-refractivity contribution is 0.162. The van der Waals surface area contributed by atoms with Gasteiger partial charge in [0.15, 0.2) is 0 Å². The van der Waals surface area contributed by atoms with Crippen molar-refractivity contribution in [2.75, 3.05) is 19.6 Å². The van der Waals surface area contributed by atoms with Crippen molar-refractivity contribution in [3.63, 3.8) is 0 Å². The molecule has 2 heterocycles. The molecule has 1 atom stereocenters. The van der Waals surface area contributed by atoms with Crippen molar-refractivity contribution in [3.05, 3.63) is 16.1 Å². The summed E-state index contributed by atoms with van der Waals surface area (Å²) in [6, 6.07) is 0.605. The quantitative estimate of drug-likeness (QED) is 0.868. The second-order valence-electron chi connectivity index (χ2n) is 5.71. The number of aromatic nitrogens is 1. The molecule has 0 spiro atoms. The molecule has 4 heteroatoms. The first-order valence-corrected chi connectivity index (χ1v) is 8.37. The Hall–Kier alpha value is -0.450. The predicted octanol–water partition coefficient (Wildman–Crippen LogP) is 3.05. The van der Waals surface area contributed by atoms with Crippen molar-refractivity contribution in [1.29, 1.82) is 0 Å². The highest BCUT2D eigenvalue weighted by Gasteiger charge is 2.23. The van der Waals surface area contributed by atoms with Crippen LogP contribution in [0, 0.1) is 12.8 Å². The van der Waals surface area contributed by atoms with E-state index >= 15 is 0 Å². The molecule has 1 fully saturated rings. The van der Waals surface area contributed by atoms with Gasteiger partial charge < -0.3 is 10.2 Å². The van der Waals surface area contributed by atoms with Crippen LogP contribution in [0.25, 0.3) is 0 Å². The third kappa shape index (κ3) is 4.55. The summed E-state index contributed by atoms with van der Waals surface area (Å²) in [7, 11) is 0. The van der Waals surface area contributed by atoms with E-state index in [1.54, 1.807) is 11.3 Å². The van der Waals surface area contributed by atoms with Gasteiger partial charge in [0, 0.05) is 23.7 Å². The van der Waals surface area contributed by atoms with Crippen LogP contribution in [-0.2, 0) is 6.54 Å². The van der Waals surface area contributed by atoms with Gasteiger partial charge in [-0.15, -0.1) is 11.3 Å². The van der Waals surface area contributed by atoms with Crippen LogP contribution in [0.15, 0.2) is 6.20 Å². The zero-order chi connectivity index (χ0) is 13.7. The van der Waals surface area contributed by atoms with Crippen molar-refractivity contribution in [3.8, 4) is 0 Å². The second kappa shape index (κ2) is 7.36. The molecule has 19 heavy (non-hydrogen) atoms. The highest BCUT2D eigenvalue weighted by atomic mass is 32.1. The van der Waals surface area contributed by atoms with Gasteiger partial charge in [0.2, 0.25) is 0 Å². The Morgan fingerprint density at radius 1 is 1.47 bits per heavy atom. The van der Waals surface area contributed by atoms with Gasteiger partial charge in [-0.2, -0.15) is 0 Å². The number of nitrogens with zero attached hydrogens (tertiary/aromatic N) is 2. The van der Waals surface area contributed by atoms with E-state index in [4.69, 9.17) is 0 Å². The first kappa shape index (κ1) is 14.9. The number of piperidine rings is 1. The number of hydrogen-bond donors (Lipinski definition) is 1. The normalized spacial score (nSPS) is 19.7. The maximum Gasteiger partial charge on any atom is 0.107 e. The number of nitrogens with one attached hydrogen (secondary N) is 1.